The highest BCUT2D eigenvalue weighted by atomic mass is 32.2. The van der Waals surface area contributed by atoms with Crippen LogP contribution >= 0.6 is 0 Å². The van der Waals surface area contributed by atoms with E-state index in [1.807, 2.05) is 0 Å². The lowest BCUT2D eigenvalue weighted by atomic mass is 10.0. The van der Waals surface area contributed by atoms with E-state index >= 15 is 0 Å². The number of rotatable bonds is 9. The highest BCUT2D eigenvalue weighted by Gasteiger charge is 2.24. The molecular weight excluding hydrogens is 540 g/mol. The van der Waals surface area contributed by atoms with Gasteiger partial charge in [0.05, 0.1) is 9.85 Å². The van der Waals surface area contributed by atoms with Gasteiger partial charge in [-0.25, -0.2) is 0 Å². The highest BCUT2D eigenvalue weighted by molar-refractivity contribution is 7.87. The number of nitro groups is 2. The van der Waals surface area contributed by atoms with E-state index in [1.54, 1.807) is 12.1 Å². The largest absolute Gasteiger partial charge is 0.378 e. The highest BCUT2D eigenvalue weighted by Crippen LogP contribution is 2.38. The lowest BCUT2D eigenvalue weighted by Gasteiger charge is -2.15. The fourth-order valence-electron chi connectivity index (χ4n) is 3.33. The van der Waals surface area contributed by atoms with Crippen LogP contribution in [-0.2, 0) is 20.2 Å². The van der Waals surface area contributed by atoms with Crippen molar-refractivity contribution in [2.45, 2.75) is 9.79 Å². The molecule has 0 radical (unpaired) electrons. The molecule has 0 heterocycles. The number of nitro benzene ring substituents is 2. The van der Waals surface area contributed by atoms with E-state index in [4.69, 9.17) is 8.37 Å². The number of benzene rings is 4. The van der Waals surface area contributed by atoms with Crippen LogP contribution in [0.2, 0.25) is 0 Å². The van der Waals surface area contributed by atoms with Crippen molar-refractivity contribution in [3.63, 3.8) is 0 Å². The van der Waals surface area contributed by atoms with E-state index in [0.717, 1.165) is 48.5 Å². The molecule has 38 heavy (non-hydrogen) atoms. The van der Waals surface area contributed by atoms with Crippen LogP contribution in [-0.4, -0.2) is 26.7 Å². The molecule has 0 amide bonds. The van der Waals surface area contributed by atoms with Gasteiger partial charge >= 0.3 is 20.2 Å². The Bertz CT molecular complexity index is 1600. The second-order valence-corrected chi connectivity index (χ2v) is 10.7. The minimum Gasteiger partial charge on any atom is -0.378 e. The summed E-state index contributed by atoms with van der Waals surface area (Å²) < 4.78 is 62.1. The van der Waals surface area contributed by atoms with Gasteiger partial charge in [-0.2, -0.15) is 16.8 Å². The van der Waals surface area contributed by atoms with Gasteiger partial charge in [0.25, 0.3) is 11.4 Å². The Balaban J connectivity index is 1.68. The van der Waals surface area contributed by atoms with Crippen LogP contribution in [0.4, 0.5) is 11.4 Å². The Morgan fingerprint density at radius 3 is 1.13 bits per heavy atom. The van der Waals surface area contributed by atoms with E-state index in [1.165, 1.54) is 36.4 Å². The van der Waals surface area contributed by atoms with Gasteiger partial charge in [0.2, 0.25) is 0 Å². The summed E-state index contributed by atoms with van der Waals surface area (Å²) in [5.74, 6) is -0.315. The van der Waals surface area contributed by atoms with Crippen LogP contribution in [0.5, 0.6) is 11.5 Å². The summed E-state index contributed by atoms with van der Waals surface area (Å²) in [6.45, 7) is 0. The Morgan fingerprint density at radius 2 is 0.816 bits per heavy atom. The minimum absolute atomic E-state index is 0.158. The predicted molar refractivity (Wildman–Crippen MR) is 134 cm³/mol. The van der Waals surface area contributed by atoms with Crippen molar-refractivity contribution in [3.05, 3.63) is 117 Å². The van der Waals surface area contributed by atoms with E-state index in [-0.39, 0.29) is 43.8 Å². The van der Waals surface area contributed by atoms with Crippen LogP contribution in [0.15, 0.2) is 107 Å². The monoisotopic (exact) mass is 556 g/mol. The maximum Gasteiger partial charge on any atom is 0.339 e. The van der Waals surface area contributed by atoms with Crippen molar-refractivity contribution >= 4 is 31.6 Å². The molecule has 0 fully saturated rings. The lowest BCUT2D eigenvalue weighted by Crippen LogP contribution is -2.12. The molecule has 0 saturated heterocycles. The Kier molecular flexibility index (Phi) is 7.10. The average molecular weight is 557 g/mol. The molecule has 0 atom stereocenters. The third-order valence-corrected chi connectivity index (χ3v) is 7.63. The molecule has 0 aliphatic heterocycles. The van der Waals surface area contributed by atoms with E-state index in [2.05, 4.69) is 0 Å². The van der Waals surface area contributed by atoms with E-state index < -0.39 is 30.1 Å². The summed E-state index contributed by atoms with van der Waals surface area (Å²) >= 11 is 0. The Labute approximate surface area is 216 Å². The van der Waals surface area contributed by atoms with Crippen molar-refractivity contribution < 1.29 is 35.0 Å². The standard InChI is InChI=1S/C24H16N2O10S2/c27-25(28)17-9-13-19(14-10-17)37(31,32)35-23-7-3-1-5-21(23)22-6-2-4-8-24(22)36-38(33,34)20-15-11-18(12-16-20)26(29)30/h1-16H. The maximum atomic E-state index is 12.9. The van der Waals surface area contributed by atoms with Crippen LogP contribution in [0.3, 0.4) is 0 Å². The second kappa shape index (κ2) is 10.3. The zero-order valence-electron chi connectivity index (χ0n) is 19.0. The Morgan fingerprint density at radius 1 is 0.500 bits per heavy atom. The van der Waals surface area contributed by atoms with Crippen molar-refractivity contribution in [2.24, 2.45) is 0 Å². The molecule has 0 saturated carbocycles. The molecule has 14 heteroatoms. The molecule has 4 aromatic carbocycles. The van der Waals surface area contributed by atoms with Crippen LogP contribution < -0.4 is 8.37 Å². The normalized spacial score (nSPS) is 11.5. The molecule has 4 aromatic rings. The van der Waals surface area contributed by atoms with E-state index in [0.29, 0.717) is 0 Å². The summed E-state index contributed by atoms with van der Waals surface area (Å²) in [5, 5.41) is 21.7. The summed E-state index contributed by atoms with van der Waals surface area (Å²) in [7, 11) is -8.85. The van der Waals surface area contributed by atoms with Gasteiger partial charge in [-0.3, -0.25) is 20.2 Å². The first-order valence-corrected chi connectivity index (χ1v) is 13.4. The van der Waals surface area contributed by atoms with Gasteiger partial charge in [0.1, 0.15) is 9.79 Å². The summed E-state index contributed by atoms with van der Waals surface area (Å²) in [4.78, 5) is 19.7. The zero-order chi connectivity index (χ0) is 27.5. The molecule has 0 aliphatic rings. The van der Waals surface area contributed by atoms with Gasteiger partial charge in [0.15, 0.2) is 11.5 Å². The number of non-ortho nitro benzene ring substituents is 2. The van der Waals surface area contributed by atoms with E-state index in [9.17, 15) is 37.1 Å². The van der Waals surface area contributed by atoms with Crippen LogP contribution in [0.1, 0.15) is 0 Å². The second-order valence-electron chi connectivity index (χ2n) is 7.57. The molecule has 0 aliphatic carbocycles. The number of nitrogens with zero attached hydrogens (tertiary/aromatic N) is 2. The van der Waals surface area contributed by atoms with Crippen molar-refractivity contribution in [3.8, 4) is 22.6 Å². The Hall–Kier alpha value is -4.82. The average Bonchev–Trinajstić information content (AvgIpc) is 2.89. The molecule has 0 spiro atoms. The fraction of sp³-hybridized carbons (Fsp3) is 0. The van der Waals surface area contributed by atoms with Crippen LogP contribution in [0, 0.1) is 20.2 Å². The topological polar surface area (TPSA) is 173 Å². The fourth-order valence-corrected chi connectivity index (χ4v) is 5.22. The van der Waals surface area contributed by atoms with Crippen molar-refractivity contribution in [1.29, 1.82) is 0 Å². The summed E-state index contributed by atoms with van der Waals surface area (Å²) in [6, 6.07) is 20.0. The van der Waals surface area contributed by atoms with Crippen molar-refractivity contribution in [1.82, 2.24) is 0 Å². The molecule has 0 N–H and O–H groups in total. The smallest absolute Gasteiger partial charge is 0.339 e. The maximum absolute atomic E-state index is 12.9. The third-order valence-electron chi connectivity index (χ3n) is 5.14. The van der Waals surface area contributed by atoms with Crippen molar-refractivity contribution in [2.75, 3.05) is 0 Å². The zero-order valence-corrected chi connectivity index (χ0v) is 20.7. The van der Waals surface area contributed by atoms with Gasteiger partial charge in [-0.1, -0.05) is 36.4 Å². The number of para-hydroxylation sites is 2. The summed E-state index contributed by atoms with van der Waals surface area (Å²) in [5.41, 5.74) is -0.255. The molecule has 0 aromatic heterocycles. The first-order valence-electron chi connectivity index (χ1n) is 10.5. The first kappa shape index (κ1) is 26.2. The first-order chi connectivity index (χ1) is 18.0. The number of hydrogen-bond donors (Lipinski definition) is 0. The van der Waals surface area contributed by atoms with Gasteiger partial charge < -0.3 is 8.37 Å². The SMILES string of the molecule is O=[N+]([O-])c1ccc(S(=O)(=O)Oc2ccccc2-c2ccccc2OS(=O)(=O)c2ccc([N+](=O)[O-])cc2)cc1. The van der Waals surface area contributed by atoms with Gasteiger partial charge in [-0.15, -0.1) is 0 Å². The third kappa shape index (κ3) is 5.61. The number of hydrogen-bond acceptors (Lipinski definition) is 10. The molecule has 12 nitrogen and oxygen atoms in total. The van der Waals surface area contributed by atoms with Crippen LogP contribution in [0.25, 0.3) is 11.1 Å². The molecular formula is C24H16N2O10S2. The quantitative estimate of drug-likeness (QED) is 0.160. The van der Waals surface area contributed by atoms with Gasteiger partial charge in [0, 0.05) is 35.4 Å². The lowest BCUT2D eigenvalue weighted by molar-refractivity contribution is -0.385. The molecule has 4 rings (SSSR count). The molecule has 194 valence electrons. The molecule has 0 bridgehead atoms. The minimum atomic E-state index is -4.43. The van der Waals surface area contributed by atoms with Gasteiger partial charge in [-0.05, 0) is 36.4 Å². The molecule has 0 unspecified atom stereocenters. The predicted octanol–water partition coefficient (Wildman–Crippen LogP) is 4.71. The summed E-state index contributed by atoms with van der Waals surface area (Å²) in [6.07, 6.45) is 0.